The van der Waals surface area contributed by atoms with E-state index in [9.17, 15) is 18.3 Å². The summed E-state index contributed by atoms with van der Waals surface area (Å²) >= 11 is 0. The maximum atomic E-state index is 11.0. The third-order valence-corrected chi connectivity index (χ3v) is 3.30. The lowest BCUT2D eigenvalue weighted by Crippen LogP contribution is -2.19. The van der Waals surface area contributed by atoms with Gasteiger partial charge in [0.2, 0.25) is 0 Å². The fraction of sp³-hybridized carbons (Fsp3) is 0. The number of anilines is 1. The van der Waals surface area contributed by atoms with Crippen molar-refractivity contribution in [1.82, 2.24) is 0 Å². The molecule has 0 heterocycles. The first-order chi connectivity index (χ1) is 8.77. The SMILES string of the molecule is NC(=O)Nc1ccc2c(O)cc(S(=O)(=O)O)cc2c1. The summed E-state index contributed by atoms with van der Waals surface area (Å²) in [5, 5.41) is 12.7. The summed E-state index contributed by atoms with van der Waals surface area (Å²) in [6, 6.07) is 5.77. The fourth-order valence-electron chi connectivity index (χ4n) is 1.69. The van der Waals surface area contributed by atoms with Crippen LogP contribution in [0.15, 0.2) is 35.2 Å². The number of phenolic OH excluding ortho intramolecular Hbond substituents is 1. The van der Waals surface area contributed by atoms with Crippen LogP contribution >= 0.6 is 0 Å². The van der Waals surface area contributed by atoms with Crippen LogP contribution < -0.4 is 11.1 Å². The molecule has 8 heteroatoms. The Kier molecular flexibility index (Phi) is 3.05. The Morgan fingerprint density at radius 3 is 2.47 bits per heavy atom. The molecule has 0 spiro atoms. The number of aromatic hydroxyl groups is 1. The predicted molar refractivity (Wildman–Crippen MR) is 68.6 cm³/mol. The first-order valence-electron chi connectivity index (χ1n) is 5.08. The molecule has 19 heavy (non-hydrogen) atoms. The van der Waals surface area contributed by atoms with Gasteiger partial charge in [-0.1, -0.05) is 0 Å². The largest absolute Gasteiger partial charge is 0.507 e. The van der Waals surface area contributed by atoms with Gasteiger partial charge in [-0.25, -0.2) is 4.79 Å². The molecule has 0 saturated heterocycles. The Bertz CT molecular complexity index is 770. The van der Waals surface area contributed by atoms with E-state index in [2.05, 4.69) is 5.32 Å². The zero-order valence-electron chi connectivity index (χ0n) is 9.49. The van der Waals surface area contributed by atoms with Gasteiger partial charge >= 0.3 is 6.03 Å². The van der Waals surface area contributed by atoms with Crippen LogP contribution in [0.5, 0.6) is 5.75 Å². The lowest BCUT2D eigenvalue weighted by Gasteiger charge is -2.07. The van der Waals surface area contributed by atoms with Crippen molar-refractivity contribution in [1.29, 1.82) is 0 Å². The van der Waals surface area contributed by atoms with E-state index in [1.165, 1.54) is 24.3 Å². The second kappa shape index (κ2) is 4.41. The van der Waals surface area contributed by atoms with E-state index in [0.29, 0.717) is 16.5 Å². The van der Waals surface area contributed by atoms with Gasteiger partial charge < -0.3 is 16.2 Å². The summed E-state index contributed by atoms with van der Waals surface area (Å²) in [6.07, 6.45) is 0. The van der Waals surface area contributed by atoms with Crippen LogP contribution in [-0.4, -0.2) is 24.1 Å². The topological polar surface area (TPSA) is 130 Å². The minimum Gasteiger partial charge on any atom is -0.507 e. The number of hydrogen-bond acceptors (Lipinski definition) is 4. The molecule has 0 aliphatic heterocycles. The number of amides is 2. The number of benzene rings is 2. The van der Waals surface area contributed by atoms with Crippen molar-refractivity contribution in [3.05, 3.63) is 30.3 Å². The van der Waals surface area contributed by atoms with Gasteiger partial charge in [-0.05, 0) is 29.7 Å². The highest BCUT2D eigenvalue weighted by molar-refractivity contribution is 7.85. The summed E-state index contributed by atoms with van der Waals surface area (Å²) < 4.78 is 31.1. The highest BCUT2D eigenvalue weighted by atomic mass is 32.2. The highest BCUT2D eigenvalue weighted by Crippen LogP contribution is 2.30. The molecule has 0 radical (unpaired) electrons. The van der Waals surface area contributed by atoms with Crippen molar-refractivity contribution in [2.75, 3.05) is 5.32 Å². The number of nitrogens with two attached hydrogens (primary N) is 1. The van der Waals surface area contributed by atoms with Gasteiger partial charge in [0, 0.05) is 17.1 Å². The van der Waals surface area contributed by atoms with E-state index in [1.807, 2.05) is 0 Å². The summed E-state index contributed by atoms with van der Waals surface area (Å²) in [7, 11) is -4.42. The molecule has 2 aromatic carbocycles. The minimum absolute atomic E-state index is 0.296. The minimum atomic E-state index is -4.42. The lowest BCUT2D eigenvalue weighted by atomic mass is 10.1. The first kappa shape index (κ1) is 13.1. The molecule has 0 aliphatic rings. The lowest BCUT2D eigenvalue weighted by molar-refractivity contribution is 0.259. The van der Waals surface area contributed by atoms with Gasteiger partial charge in [-0.2, -0.15) is 8.42 Å². The average Bonchev–Trinajstić information content (AvgIpc) is 2.26. The van der Waals surface area contributed by atoms with Crippen LogP contribution in [0.2, 0.25) is 0 Å². The monoisotopic (exact) mass is 282 g/mol. The normalized spacial score (nSPS) is 11.4. The van der Waals surface area contributed by atoms with Gasteiger partial charge in [-0.15, -0.1) is 0 Å². The van der Waals surface area contributed by atoms with Gasteiger partial charge in [0.15, 0.2) is 0 Å². The van der Waals surface area contributed by atoms with Crippen molar-refractivity contribution in [2.24, 2.45) is 5.73 Å². The van der Waals surface area contributed by atoms with Crippen molar-refractivity contribution in [3.8, 4) is 5.75 Å². The number of primary amides is 1. The Morgan fingerprint density at radius 2 is 1.89 bits per heavy atom. The zero-order valence-corrected chi connectivity index (χ0v) is 10.3. The summed E-state index contributed by atoms with van der Waals surface area (Å²) in [5.74, 6) is -0.296. The van der Waals surface area contributed by atoms with Gasteiger partial charge in [0.25, 0.3) is 10.1 Å². The second-order valence-corrected chi connectivity index (χ2v) is 5.26. The molecule has 100 valence electrons. The van der Waals surface area contributed by atoms with Crippen molar-refractivity contribution < 1.29 is 22.9 Å². The molecule has 0 bridgehead atoms. The van der Waals surface area contributed by atoms with Crippen molar-refractivity contribution in [2.45, 2.75) is 4.90 Å². The van der Waals surface area contributed by atoms with E-state index in [0.717, 1.165) is 6.07 Å². The molecule has 0 aliphatic carbocycles. The molecule has 2 amide bonds. The maximum Gasteiger partial charge on any atom is 0.316 e. The smallest absolute Gasteiger partial charge is 0.316 e. The van der Waals surface area contributed by atoms with Crippen LogP contribution in [0.4, 0.5) is 10.5 Å². The Labute approximate surface area is 108 Å². The number of rotatable bonds is 2. The molecular formula is C11H10N2O5S. The molecule has 0 unspecified atom stereocenters. The molecule has 0 saturated carbocycles. The number of carbonyl (C=O) groups is 1. The molecule has 2 aromatic rings. The van der Waals surface area contributed by atoms with Crippen LogP contribution in [0.25, 0.3) is 10.8 Å². The molecular weight excluding hydrogens is 272 g/mol. The average molecular weight is 282 g/mol. The Hall–Kier alpha value is -2.32. The number of nitrogens with one attached hydrogen (secondary N) is 1. The first-order valence-corrected chi connectivity index (χ1v) is 6.52. The maximum absolute atomic E-state index is 11.0. The van der Waals surface area contributed by atoms with E-state index in [-0.39, 0.29) is 5.75 Å². The van der Waals surface area contributed by atoms with Crippen molar-refractivity contribution in [3.63, 3.8) is 0 Å². The molecule has 0 atom stereocenters. The zero-order chi connectivity index (χ0) is 14.2. The number of fused-ring (bicyclic) bond motifs is 1. The van der Waals surface area contributed by atoms with Gasteiger partial charge in [-0.3, -0.25) is 4.55 Å². The second-order valence-electron chi connectivity index (χ2n) is 3.84. The molecule has 0 fully saturated rings. The van der Waals surface area contributed by atoms with Crippen LogP contribution in [0.3, 0.4) is 0 Å². The predicted octanol–water partition coefficient (Wildman–Crippen LogP) is 1.28. The molecule has 5 N–H and O–H groups in total. The van der Waals surface area contributed by atoms with Crippen LogP contribution in [-0.2, 0) is 10.1 Å². The van der Waals surface area contributed by atoms with Crippen LogP contribution in [0.1, 0.15) is 0 Å². The molecule has 2 rings (SSSR count). The van der Waals surface area contributed by atoms with E-state index in [1.54, 1.807) is 0 Å². The summed E-state index contributed by atoms with van der Waals surface area (Å²) in [4.78, 5) is 10.3. The van der Waals surface area contributed by atoms with E-state index >= 15 is 0 Å². The summed E-state index contributed by atoms with van der Waals surface area (Å²) in [5.41, 5.74) is 5.30. The summed E-state index contributed by atoms with van der Waals surface area (Å²) in [6.45, 7) is 0. The number of hydrogen-bond donors (Lipinski definition) is 4. The van der Waals surface area contributed by atoms with E-state index < -0.39 is 21.0 Å². The molecule has 0 aromatic heterocycles. The van der Waals surface area contributed by atoms with Crippen molar-refractivity contribution >= 4 is 32.6 Å². The Balaban J connectivity index is 2.66. The standard InChI is InChI=1S/C11H10N2O5S/c12-11(15)13-7-1-2-9-6(3-7)4-8(5-10(9)14)19(16,17)18/h1-5,14H,(H3,12,13,15)(H,16,17,18). The quantitative estimate of drug-likeness (QED) is 0.616. The van der Waals surface area contributed by atoms with E-state index in [4.69, 9.17) is 10.3 Å². The number of phenols is 1. The third kappa shape index (κ3) is 2.75. The molecule has 7 nitrogen and oxygen atoms in total. The number of urea groups is 1. The van der Waals surface area contributed by atoms with Gasteiger partial charge in [0.05, 0.1) is 4.90 Å². The highest BCUT2D eigenvalue weighted by Gasteiger charge is 2.13. The third-order valence-electron chi connectivity index (χ3n) is 2.47. The fourth-order valence-corrected chi connectivity index (χ4v) is 2.23. The van der Waals surface area contributed by atoms with Gasteiger partial charge in [0.1, 0.15) is 5.75 Å². The Morgan fingerprint density at radius 1 is 1.21 bits per heavy atom. The number of carbonyl (C=O) groups excluding carboxylic acids is 1. The van der Waals surface area contributed by atoms with Crippen LogP contribution in [0, 0.1) is 0 Å².